The van der Waals surface area contributed by atoms with E-state index in [4.69, 9.17) is 23.7 Å². The molecule has 0 radical (unpaired) electrons. The Hall–Kier alpha value is -4.67. The Kier molecular flexibility index (Phi) is 10.4. The topological polar surface area (TPSA) is 145 Å². The van der Waals surface area contributed by atoms with Gasteiger partial charge in [0.05, 0.1) is 40.6 Å². The minimum absolute atomic E-state index is 0.0691. The molecule has 1 atom stereocenters. The highest BCUT2D eigenvalue weighted by atomic mass is 16.5. The number of amides is 1. The van der Waals surface area contributed by atoms with Crippen LogP contribution in [0.15, 0.2) is 47.4 Å². The predicted molar refractivity (Wildman–Crippen MR) is 147 cm³/mol. The van der Waals surface area contributed by atoms with Gasteiger partial charge in [-0.25, -0.2) is 4.79 Å². The number of carbonyl (C=O) groups excluding carboxylic acids is 2. The number of methoxy groups -OCH3 is 4. The van der Waals surface area contributed by atoms with Crippen LogP contribution in [0, 0.1) is 0 Å². The predicted octanol–water partition coefficient (Wildman–Crippen LogP) is 3.17. The van der Waals surface area contributed by atoms with Gasteiger partial charge in [-0.1, -0.05) is 12.1 Å². The molecular weight excluding hydrogens is 520 g/mol. The first-order valence-electron chi connectivity index (χ1n) is 12.6. The van der Waals surface area contributed by atoms with E-state index in [2.05, 4.69) is 10.3 Å². The van der Waals surface area contributed by atoms with Crippen molar-refractivity contribution in [2.24, 2.45) is 0 Å². The van der Waals surface area contributed by atoms with E-state index in [0.717, 1.165) is 17.5 Å². The number of carbonyl (C=O) groups is 2. The molecule has 214 valence electrons. The van der Waals surface area contributed by atoms with Gasteiger partial charge in [0.2, 0.25) is 11.7 Å². The number of rotatable bonds is 13. The molecule has 0 bridgehead atoms. The fraction of sp³-hybridized carbons (Fsp3) is 0.345. The van der Waals surface area contributed by atoms with Crippen molar-refractivity contribution in [3.05, 3.63) is 75.2 Å². The maximum atomic E-state index is 13.2. The fourth-order valence-corrected chi connectivity index (χ4v) is 4.31. The van der Waals surface area contributed by atoms with Crippen LogP contribution in [-0.4, -0.2) is 63.6 Å². The van der Waals surface area contributed by atoms with Crippen molar-refractivity contribution in [3.63, 3.8) is 0 Å². The lowest BCUT2D eigenvalue weighted by atomic mass is 9.87. The van der Waals surface area contributed by atoms with Gasteiger partial charge < -0.3 is 39.1 Å². The molecule has 0 saturated heterocycles. The minimum Gasteiger partial charge on any atom is -0.506 e. The highest BCUT2D eigenvalue weighted by Crippen LogP contribution is 2.43. The minimum atomic E-state index is -0.993. The van der Waals surface area contributed by atoms with Crippen LogP contribution in [0.1, 0.15) is 46.3 Å². The van der Waals surface area contributed by atoms with E-state index < -0.39 is 23.2 Å². The Bertz CT molecular complexity index is 1360. The Balaban J connectivity index is 2.00. The second-order valence-corrected chi connectivity index (χ2v) is 8.68. The molecule has 1 aromatic heterocycles. The van der Waals surface area contributed by atoms with Gasteiger partial charge in [-0.15, -0.1) is 0 Å². The number of pyridine rings is 1. The summed E-state index contributed by atoms with van der Waals surface area (Å²) in [6.07, 6.45) is 1.42. The van der Waals surface area contributed by atoms with E-state index in [1.807, 2.05) is 24.3 Å². The van der Waals surface area contributed by atoms with Crippen LogP contribution in [0.5, 0.6) is 28.7 Å². The summed E-state index contributed by atoms with van der Waals surface area (Å²) in [5.74, 6) is -1.14. The zero-order valence-electron chi connectivity index (χ0n) is 23.2. The van der Waals surface area contributed by atoms with Gasteiger partial charge in [-0.2, -0.15) is 0 Å². The highest BCUT2D eigenvalue weighted by Gasteiger charge is 2.30. The quantitative estimate of drug-likeness (QED) is 0.271. The van der Waals surface area contributed by atoms with Crippen molar-refractivity contribution < 1.29 is 38.4 Å². The van der Waals surface area contributed by atoms with Gasteiger partial charge in [0.1, 0.15) is 17.1 Å². The number of hydrogen-bond donors (Lipinski definition) is 3. The summed E-state index contributed by atoms with van der Waals surface area (Å²) >= 11 is 0. The molecule has 0 aliphatic carbocycles. The Labute approximate surface area is 232 Å². The number of aromatic hydroxyl groups is 1. The summed E-state index contributed by atoms with van der Waals surface area (Å²) in [5.41, 5.74) is 0.342. The molecule has 0 aliphatic heterocycles. The molecule has 0 fully saturated rings. The average Bonchev–Trinajstić information content (AvgIpc) is 2.96. The largest absolute Gasteiger partial charge is 0.506 e. The molecule has 11 nitrogen and oxygen atoms in total. The highest BCUT2D eigenvalue weighted by molar-refractivity contribution is 5.92. The number of H-pyrrole nitrogens is 1. The third-order valence-corrected chi connectivity index (χ3v) is 6.32. The zero-order valence-corrected chi connectivity index (χ0v) is 23.2. The molecule has 1 amide bonds. The van der Waals surface area contributed by atoms with E-state index >= 15 is 0 Å². The number of nitrogens with one attached hydrogen (secondary N) is 2. The second-order valence-electron chi connectivity index (χ2n) is 8.68. The molecule has 1 heterocycles. The van der Waals surface area contributed by atoms with E-state index in [-0.39, 0.29) is 30.1 Å². The zero-order chi connectivity index (χ0) is 29.2. The first-order chi connectivity index (χ1) is 19.3. The molecular formula is C29H34N2O9. The van der Waals surface area contributed by atoms with E-state index in [1.54, 1.807) is 26.2 Å². The van der Waals surface area contributed by atoms with Gasteiger partial charge >= 0.3 is 5.97 Å². The van der Waals surface area contributed by atoms with Crippen molar-refractivity contribution in [2.75, 3.05) is 41.6 Å². The van der Waals surface area contributed by atoms with Crippen LogP contribution in [0.4, 0.5) is 0 Å². The van der Waals surface area contributed by atoms with Gasteiger partial charge in [0.15, 0.2) is 11.5 Å². The first-order valence-corrected chi connectivity index (χ1v) is 12.6. The lowest BCUT2D eigenvalue weighted by Gasteiger charge is -2.22. The normalized spacial score (nSPS) is 11.3. The number of ether oxygens (including phenoxy) is 5. The smallest absolute Gasteiger partial charge is 0.343 e. The molecule has 2 aromatic carbocycles. The summed E-state index contributed by atoms with van der Waals surface area (Å²) in [7, 11) is 5.92. The SMILES string of the molecule is CCOC(=O)c1c[nH]c(=O)c([C@@H](CC(=O)NCCc2ccc(OC)cc2)c2cc(OC)c(OC)c(OC)c2)c1O. The van der Waals surface area contributed by atoms with Gasteiger partial charge in [-0.05, 0) is 48.7 Å². The number of aromatic amines is 1. The summed E-state index contributed by atoms with van der Waals surface area (Å²) in [6, 6.07) is 10.7. The van der Waals surface area contributed by atoms with Crippen LogP contribution in [0.3, 0.4) is 0 Å². The molecule has 40 heavy (non-hydrogen) atoms. The van der Waals surface area contributed by atoms with Crippen molar-refractivity contribution in [3.8, 4) is 28.7 Å². The maximum Gasteiger partial charge on any atom is 0.343 e. The van der Waals surface area contributed by atoms with Crippen LogP contribution in [0.2, 0.25) is 0 Å². The lowest BCUT2D eigenvalue weighted by Crippen LogP contribution is -2.29. The Morgan fingerprint density at radius 3 is 2.17 bits per heavy atom. The van der Waals surface area contributed by atoms with Crippen molar-refractivity contribution in [1.82, 2.24) is 10.3 Å². The Morgan fingerprint density at radius 2 is 1.62 bits per heavy atom. The molecule has 3 rings (SSSR count). The van der Waals surface area contributed by atoms with Crippen LogP contribution < -0.4 is 29.8 Å². The Morgan fingerprint density at radius 1 is 0.975 bits per heavy atom. The summed E-state index contributed by atoms with van der Waals surface area (Å²) < 4.78 is 26.5. The fourth-order valence-electron chi connectivity index (χ4n) is 4.31. The van der Waals surface area contributed by atoms with E-state index in [0.29, 0.717) is 35.8 Å². The van der Waals surface area contributed by atoms with Crippen molar-refractivity contribution in [2.45, 2.75) is 25.7 Å². The second kappa shape index (κ2) is 13.9. The van der Waals surface area contributed by atoms with Crippen LogP contribution in [0.25, 0.3) is 0 Å². The van der Waals surface area contributed by atoms with Crippen molar-refractivity contribution >= 4 is 11.9 Å². The van der Waals surface area contributed by atoms with Crippen LogP contribution >= 0.6 is 0 Å². The molecule has 3 N–H and O–H groups in total. The maximum absolute atomic E-state index is 13.2. The number of benzene rings is 2. The van der Waals surface area contributed by atoms with Crippen LogP contribution in [-0.2, 0) is 16.0 Å². The van der Waals surface area contributed by atoms with Gasteiger partial charge in [0, 0.05) is 25.1 Å². The van der Waals surface area contributed by atoms with E-state index in [9.17, 15) is 19.5 Å². The van der Waals surface area contributed by atoms with Crippen molar-refractivity contribution in [1.29, 1.82) is 0 Å². The van der Waals surface area contributed by atoms with Gasteiger partial charge in [0.25, 0.3) is 5.56 Å². The molecule has 0 aliphatic rings. The van der Waals surface area contributed by atoms with E-state index in [1.165, 1.54) is 21.3 Å². The number of esters is 1. The molecule has 0 saturated carbocycles. The number of hydrogen-bond acceptors (Lipinski definition) is 9. The first kappa shape index (κ1) is 29.9. The summed E-state index contributed by atoms with van der Waals surface area (Å²) in [5, 5.41) is 13.9. The third-order valence-electron chi connectivity index (χ3n) is 6.32. The molecule has 11 heteroatoms. The standard InChI is InChI=1S/C29H34N2O9/c1-6-40-29(35)21-16-31-28(34)25(26(21)33)20(18-13-22(37-3)27(39-5)23(14-18)38-4)15-24(32)30-12-11-17-7-9-19(36-2)10-8-17/h7-10,13-14,16,20H,6,11-12,15H2,1-5H3,(H,30,32)(H2,31,33,34)/t20-/m0/s1. The summed E-state index contributed by atoms with van der Waals surface area (Å²) in [6.45, 7) is 2.02. The third kappa shape index (κ3) is 6.85. The van der Waals surface area contributed by atoms with Gasteiger partial charge in [-0.3, -0.25) is 9.59 Å². The lowest BCUT2D eigenvalue weighted by molar-refractivity contribution is -0.121. The molecule has 0 spiro atoms. The molecule has 3 aromatic rings. The monoisotopic (exact) mass is 554 g/mol. The molecule has 0 unspecified atom stereocenters. The number of aromatic nitrogens is 1. The average molecular weight is 555 g/mol. The summed E-state index contributed by atoms with van der Waals surface area (Å²) in [4.78, 5) is 41.2.